The highest BCUT2D eigenvalue weighted by Crippen LogP contribution is 2.22. The predicted octanol–water partition coefficient (Wildman–Crippen LogP) is 2.22. The fraction of sp³-hybridized carbons (Fsp3) is 0.273. The summed E-state index contributed by atoms with van der Waals surface area (Å²) in [6.45, 7) is 0.410. The van der Waals surface area contributed by atoms with Crippen LogP contribution in [-0.2, 0) is 13.0 Å². The van der Waals surface area contributed by atoms with Crippen LogP contribution in [0.15, 0.2) is 28.1 Å². The van der Waals surface area contributed by atoms with Gasteiger partial charge in [0.1, 0.15) is 6.54 Å². The Morgan fingerprint density at radius 3 is 3.05 bits per heavy atom. The second kappa shape index (κ2) is 5.50. The smallest absolute Gasteiger partial charge is 0.257 e. The summed E-state index contributed by atoms with van der Waals surface area (Å²) in [4.78, 5) is 0.958. The van der Waals surface area contributed by atoms with Crippen molar-refractivity contribution in [3.63, 3.8) is 0 Å². The van der Waals surface area contributed by atoms with Crippen molar-refractivity contribution in [3.8, 4) is 10.8 Å². The maximum atomic E-state index is 5.65. The molecule has 0 fully saturated rings. The van der Waals surface area contributed by atoms with Gasteiger partial charge in [-0.2, -0.15) is 0 Å². The summed E-state index contributed by atoms with van der Waals surface area (Å²) in [5.74, 6) is 1.57. The molecular formula is C11H10ClN5OS. The Hall–Kier alpha value is -1.73. The highest BCUT2D eigenvalue weighted by Gasteiger charge is 2.10. The lowest BCUT2D eigenvalue weighted by molar-refractivity contribution is 0.470. The van der Waals surface area contributed by atoms with E-state index in [1.807, 2.05) is 23.7 Å². The average molecular weight is 296 g/mol. The summed E-state index contributed by atoms with van der Waals surface area (Å²) in [6, 6.07) is 3.88. The van der Waals surface area contributed by atoms with E-state index >= 15 is 0 Å². The summed E-state index contributed by atoms with van der Waals surface area (Å²) in [6.07, 6.45) is 2.53. The van der Waals surface area contributed by atoms with E-state index in [-0.39, 0.29) is 0 Å². The second-order valence-corrected chi connectivity index (χ2v) is 5.15. The molecule has 0 atom stereocenters. The van der Waals surface area contributed by atoms with Gasteiger partial charge in [-0.25, -0.2) is 4.68 Å². The zero-order chi connectivity index (χ0) is 13.1. The third-order valence-electron chi connectivity index (χ3n) is 2.43. The SMILES string of the molecule is ClCCc1cn(Cc2nnc(-c3cccs3)o2)nn1. The highest BCUT2D eigenvalue weighted by molar-refractivity contribution is 7.13. The van der Waals surface area contributed by atoms with Crippen molar-refractivity contribution in [1.29, 1.82) is 0 Å². The van der Waals surface area contributed by atoms with E-state index in [1.165, 1.54) is 0 Å². The fourth-order valence-corrected chi connectivity index (χ4v) is 2.42. The van der Waals surface area contributed by atoms with Crippen LogP contribution in [0.25, 0.3) is 10.8 Å². The minimum atomic E-state index is 0.410. The van der Waals surface area contributed by atoms with Gasteiger partial charge in [0.15, 0.2) is 0 Å². The fourth-order valence-electron chi connectivity index (χ4n) is 1.58. The van der Waals surface area contributed by atoms with E-state index in [0.29, 0.717) is 30.6 Å². The lowest BCUT2D eigenvalue weighted by Gasteiger charge is -1.93. The van der Waals surface area contributed by atoms with Crippen molar-refractivity contribution < 1.29 is 4.42 Å². The molecule has 0 spiro atoms. The van der Waals surface area contributed by atoms with E-state index in [2.05, 4.69) is 20.5 Å². The van der Waals surface area contributed by atoms with E-state index in [4.69, 9.17) is 16.0 Å². The molecule has 8 heteroatoms. The number of aryl methyl sites for hydroxylation is 1. The number of hydrogen-bond acceptors (Lipinski definition) is 6. The zero-order valence-electron chi connectivity index (χ0n) is 9.86. The topological polar surface area (TPSA) is 69.6 Å². The van der Waals surface area contributed by atoms with Crippen LogP contribution >= 0.6 is 22.9 Å². The number of thiophene rings is 1. The second-order valence-electron chi connectivity index (χ2n) is 3.82. The van der Waals surface area contributed by atoms with Crippen LogP contribution in [-0.4, -0.2) is 31.1 Å². The Labute approximate surface area is 118 Å². The Balaban J connectivity index is 1.72. The third-order valence-corrected chi connectivity index (χ3v) is 3.48. The molecule has 0 aliphatic carbocycles. The number of halogens is 1. The maximum Gasteiger partial charge on any atom is 0.257 e. The van der Waals surface area contributed by atoms with Gasteiger partial charge in [-0.05, 0) is 11.4 Å². The first-order valence-corrected chi connectivity index (χ1v) is 7.08. The van der Waals surface area contributed by atoms with Gasteiger partial charge in [0, 0.05) is 18.5 Å². The van der Waals surface area contributed by atoms with Gasteiger partial charge in [-0.3, -0.25) is 0 Å². The van der Waals surface area contributed by atoms with Crippen LogP contribution in [0.4, 0.5) is 0 Å². The summed E-state index contributed by atoms with van der Waals surface area (Å²) in [5.41, 5.74) is 0.855. The van der Waals surface area contributed by atoms with Crippen LogP contribution in [0, 0.1) is 0 Å². The minimum absolute atomic E-state index is 0.410. The molecule has 3 aromatic rings. The van der Waals surface area contributed by atoms with Crippen LogP contribution in [0.1, 0.15) is 11.6 Å². The number of rotatable bonds is 5. The van der Waals surface area contributed by atoms with Crippen LogP contribution in [0.3, 0.4) is 0 Å². The zero-order valence-corrected chi connectivity index (χ0v) is 11.4. The number of hydrogen-bond donors (Lipinski definition) is 0. The molecule has 0 unspecified atom stereocenters. The standard InChI is InChI=1S/C11H10ClN5OS/c12-4-3-8-6-17(16-13-8)7-10-14-15-11(18-10)9-2-1-5-19-9/h1-2,5-6H,3-4,7H2. The molecule has 19 heavy (non-hydrogen) atoms. The number of nitrogens with zero attached hydrogens (tertiary/aromatic N) is 5. The first kappa shape index (κ1) is 12.3. The monoisotopic (exact) mass is 295 g/mol. The molecule has 6 nitrogen and oxygen atoms in total. The summed E-state index contributed by atoms with van der Waals surface area (Å²) in [5, 5.41) is 18.0. The maximum absolute atomic E-state index is 5.65. The van der Waals surface area contributed by atoms with Gasteiger partial charge in [0.05, 0.1) is 10.6 Å². The number of alkyl halides is 1. The van der Waals surface area contributed by atoms with Crippen molar-refractivity contribution in [2.45, 2.75) is 13.0 Å². The van der Waals surface area contributed by atoms with E-state index in [9.17, 15) is 0 Å². The van der Waals surface area contributed by atoms with Crippen LogP contribution < -0.4 is 0 Å². The van der Waals surface area contributed by atoms with Gasteiger partial charge in [-0.15, -0.1) is 38.2 Å². The van der Waals surface area contributed by atoms with Gasteiger partial charge in [0.25, 0.3) is 5.89 Å². The Bertz CT molecular complexity index is 648. The molecule has 0 aliphatic rings. The van der Waals surface area contributed by atoms with Gasteiger partial charge < -0.3 is 4.42 Å². The third kappa shape index (κ3) is 2.82. The summed E-state index contributed by atoms with van der Waals surface area (Å²) >= 11 is 7.21. The lowest BCUT2D eigenvalue weighted by atomic mass is 10.4. The van der Waals surface area contributed by atoms with Gasteiger partial charge in [0.2, 0.25) is 5.89 Å². The molecule has 3 rings (SSSR count). The molecule has 0 aromatic carbocycles. The largest absolute Gasteiger partial charge is 0.418 e. The van der Waals surface area contributed by atoms with Crippen molar-refractivity contribution in [2.75, 3.05) is 5.88 Å². The molecule has 0 saturated heterocycles. The van der Waals surface area contributed by atoms with Crippen molar-refractivity contribution >= 4 is 22.9 Å². The normalized spacial score (nSPS) is 11.0. The summed E-state index contributed by atoms with van der Waals surface area (Å²) in [7, 11) is 0. The minimum Gasteiger partial charge on any atom is -0.418 e. The van der Waals surface area contributed by atoms with Gasteiger partial charge in [-0.1, -0.05) is 11.3 Å². The first-order valence-electron chi connectivity index (χ1n) is 5.66. The number of aromatic nitrogens is 5. The van der Waals surface area contributed by atoms with Crippen molar-refractivity contribution in [3.05, 3.63) is 35.3 Å². The Kier molecular flexibility index (Phi) is 3.56. The molecule has 0 amide bonds. The molecule has 0 bridgehead atoms. The first-order chi connectivity index (χ1) is 9.35. The van der Waals surface area contributed by atoms with Crippen LogP contribution in [0.5, 0.6) is 0 Å². The molecule has 0 aliphatic heterocycles. The van der Waals surface area contributed by atoms with E-state index in [1.54, 1.807) is 16.0 Å². The predicted molar refractivity (Wildman–Crippen MR) is 71.2 cm³/mol. The average Bonchev–Trinajstić information content (AvgIpc) is 3.10. The van der Waals surface area contributed by atoms with E-state index < -0.39 is 0 Å². The molecule has 98 valence electrons. The van der Waals surface area contributed by atoms with Crippen molar-refractivity contribution in [2.24, 2.45) is 0 Å². The lowest BCUT2D eigenvalue weighted by Crippen LogP contribution is -2.00. The van der Waals surface area contributed by atoms with Gasteiger partial charge >= 0.3 is 0 Å². The van der Waals surface area contributed by atoms with E-state index in [0.717, 1.165) is 10.6 Å². The molecule has 0 saturated carbocycles. The molecule has 3 heterocycles. The Morgan fingerprint density at radius 2 is 2.26 bits per heavy atom. The van der Waals surface area contributed by atoms with Crippen molar-refractivity contribution in [1.82, 2.24) is 25.2 Å². The molecular weight excluding hydrogens is 286 g/mol. The quantitative estimate of drug-likeness (QED) is 0.675. The molecule has 0 N–H and O–H groups in total. The molecule has 3 aromatic heterocycles. The highest BCUT2D eigenvalue weighted by atomic mass is 35.5. The summed E-state index contributed by atoms with van der Waals surface area (Å²) < 4.78 is 7.24. The molecule has 0 radical (unpaired) electrons. The van der Waals surface area contributed by atoms with Crippen LogP contribution in [0.2, 0.25) is 0 Å². The Morgan fingerprint density at radius 1 is 1.32 bits per heavy atom.